The van der Waals surface area contributed by atoms with E-state index in [2.05, 4.69) is 31.0 Å². The van der Waals surface area contributed by atoms with E-state index >= 15 is 4.39 Å². The Morgan fingerprint density at radius 2 is 1.42 bits per heavy atom. The van der Waals surface area contributed by atoms with Gasteiger partial charge in [-0.2, -0.15) is 0 Å². The highest BCUT2D eigenvalue weighted by Gasteiger charge is 2.63. The fraction of sp³-hybridized carbons (Fsp3) is 0.551. The lowest BCUT2D eigenvalue weighted by atomic mass is 9.66. The third-order valence-electron chi connectivity index (χ3n) is 15.7. The standard InChI is InChI=1S/C49H59F2N7O6/c1-64-42-27-41(38(51)26-36(42)45-49(15-2-3-16-49)48(63)58(45)39-6-4-5-37(50)44(39)60)56-19-13-32(14-20-56)29-54-23-21-53(22-24-54)28-31-11-17-55(18-12-31)34-7-8-35-33(25-34)30-57(47(35)62)40-9-10-43(59)52-46(40)61/h4-8,25-27,31-32,40,45,60H,2-3,9-24,28-30H2,1H3,(H,52,59,61)/t40-,45-/m0/s1. The lowest BCUT2D eigenvalue weighted by Gasteiger charge is -2.55. The number of nitrogens with one attached hydrogen (secondary N) is 1. The maximum Gasteiger partial charge on any atom is 0.255 e. The molecule has 340 valence electrons. The van der Waals surface area contributed by atoms with Crippen molar-refractivity contribution < 1.29 is 37.8 Å². The van der Waals surface area contributed by atoms with Crippen LogP contribution in [-0.2, 0) is 20.9 Å². The molecule has 6 aliphatic heterocycles. The molecule has 2 N–H and O–H groups in total. The Bertz CT molecular complexity index is 2320. The number of phenols is 1. The number of β-lactam (4-membered cyclic amide) rings is 1. The third-order valence-corrected chi connectivity index (χ3v) is 15.7. The number of methoxy groups -OCH3 is 1. The van der Waals surface area contributed by atoms with E-state index in [9.17, 15) is 28.7 Å². The van der Waals surface area contributed by atoms with Crippen molar-refractivity contribution in [3.63, 3.8) is 0 Å². The average molecular weight is 880 g/mol. The Kier molecular flexibility index (Phi) is 11.5. The molecule has 10 rings (SSSR count). The van der Waals surface area contributed by atoms with Crippen molar-refractivity contribution in [2.75, 3.05) is 87.3 Å². The van der Waals surface area contributed by atoms with Crippen LogP contribution in [0.1, 0.15) is 91.7 Å². The van der Waals surface area contributed by atoms with E-state index in [0.29, 0.717) is 60.2 Å². The molecule has 6 fully saturated rings. The molecule has 15 heteroatoms. The summed E-state index contributed by atoms with van der Waals surface area (Å²) in [6, 6.07) is 12.3. The lowest BCUT2D eigenvalue weighted by Crippen LogP contribution is -2.62. The van der Waals surface area contributed by atoms with Gasteiger partial charge in [-0.15, -0.1) is 0 Å². The number of benzene rings is 3. The number of hydrogen-bond donors (Lipinski definition) is 2. The number of ether oxygens (including phenoxy) is 1. The Hall–Kier alpha value is -5.28. The van der Waals surface area contributed by atoms with Crippen LogP contribution < -0.4 is 24.8 Å². The van der Waals surface area contributed by atoms with Gasteiger partial charge in [-0.1, -0.05) is 18.9 Å². The number of para-hydroxylation sites is 1. The van der Waals surface area contributed by atoms with Crippen LogP contribution in [0.4, 0.5) is 25.8 Å². The molecular weight excluding hydrogens is 821 g/mol. The van der Waals surface area contributed by atoms with E-state index in [1.807, 2.05) is 12.1 Å². The van der Waals surface area contributed by atoms with Crippen molar-refractivity contribution in [1.29, 1.82) is 0 Å². The number of carbonyl (C=O) groups is 4. The summed E-state index contributed by atoms with van der Waals surface area (Å²) in [6.07, 6.45) is 7.83. The van der Waals surface area contributed by atoms with Gasteiger partial charge in [0, 0.05) is 101 Å². The van der Waals surface area contributed by atoms with Crippen LogP contribution in [0.25, 0.3) is 0 Å². The Morgan fingerprint density at radius 3 is 2.06 bits per heavy atom. The van der Waals surface area contributed by atoms with Gasteiger partial charge in [-0.05, 0) is 98.7 Å². The minimum absolute atomic E-state index is 0.0949. The summed E-state index contributed by atoms with van der Waals surface area (Å²) in [5.41, 5.74) is 3.11. The average Bonchev–Trinajstić information content (AvgIpc) is 3.94. The summed E-state index contributed by atoms with van der Waals surface area (Å²) in [5.74, 6) is -1.06. The van der Waals surface area contributed by atoms with Gasteiger partial charge in [0.1, 0.15) is 17.6 Å². The second-order valence-electron chi connectivity index (χ2n) is 19.3. The maximum atomic E-state index is 16.3. The monoisotopic (exact) mass is 879 g/mol. The van der Waals surface area contributed by atoms with E-state index in [0.717, 1.165) is 121 Å². The van der Waals surface area contributed by atoms with Gasteiger partial charge in [0.15, 0.2) is 11.6 Å². The number of anilines is 3. The first-order chi connectivity index (χ1) is 31.0. The molecule has 1 aliphatic carbocycles. The number of phenolic OH excluding ortho intramolecular Hbond substituents is 1. The maximum absolute atomic E-state index is 16.3. The van der Waals surface area contributed by atoms with Crippen molar-refractivity contribution in [3.8, 4) is 11.5 Å². The quantitative estimate of drug-likeness (QED) is 0.190. The molecule has 5 saturated heterocycles. The molecule has 0 unspecified atom stereocenters. The van der Waals surface area contributed by atoms with Gasteiger partial charge in [0.2, 0.25) is 17.7 Å². The SMILES string of the molecule is COc1cc(N2CCC(CN3CCN(CC4CCN(c5ccc6c(c5)CN([C@H]5CCC(=O)NC5=O)C6=O)CC4)CC3)CC2)c(F)cc1[C@@H]1N(c2cccc(F)c2O)C(=O)C12CCCC2. The van der Waals surface area contributed by atoms with Gasteiger partial charge < -0.3 is 34.3 Å². The molecule has 0 aromatic heterocycles. The summed E-state index contributed by atoms with van der Waals surface area (Å²) in [5, 5.41) is 13.0. The second-order valence-corrected chi connectivity index (χ2v) is 19.3. The second kappa shape index (κ2) is 17.3. The molecule has 7 aliphatic rings. The summed E-state index contributed by atoms with van der Waals surface area (Å²) in [6.45, 7) is 10.2. The van der Waals surface area contributed by atoms with Gasteiger partial charge in [-0.3, -0.25) is 29.4 Å². The predicted molar refractivity (Wildman–Crippen MR) is 237 cm³/mol. The Labute approximate surface area is 373 Å². The molecule has 2 atom stereocenters. The van der Waals surface area contributed by atoms with Gasteiger partial charge in [0.05, 0.1) is 29.9 Å². The highest BCUT2D eigenvalue weighted by Crippen LogP contribution is 2.62. The third kappa shape index (κ3) is 7.65. The van der Waals surface area contributed by atoms with Gasteiger partial charge in [-0.25, -0.2) is 8.78 Å². The van der Waals surface area contributed by atoms with Crippen molar-refractivity contribution in [1.82, 2.24) is 20.0 Å². The Morgan fingerprint density at radius 1 is 0.766 bits per heavy atom. The van der Waals surface area contributed by atoms with E-state index in [-0.39, 0.29) is 41.6 Å². The van der Waals surface area contributed by atoms with Gasteiger partial charge in [0.25, 0.3) is 5.91 Å². The number of rotatable bonds is 10. The van der Waals surface area contributed by atoms with Crippen LogP contribution in [0.2, 0.25) is 0 Å². The van der Waals surface area contributed by atoms with E-state index < -0.39 is 29.1 Å². The van der Waals surface area contributed by atoms with Gasteiger partial charge >= 0.3 is 0 Å². The topological polar surface area (TPSA) is 129 Å². The number of amides is 4. The normalized spacial score (nSPS) is 24.7. The van der Waals surface area contributed by atoms with Crippen LogP contribution >= 0.6 is 0 Å². The zero-order chi connectivity index (χ0) is 44.3. The largest absolute Gasteiger partial charge is 0.503 e. The molecule has 3 aromatic carbocycles. The van der Waals surface area contributed by atoms with Crippen LogP contribution in [0, 0.1) is 28.9 Å². The summed E-state index contributed by atoms with van der Waals surface area (Å²) >= 11 is 0. The first-order valence-electron chi connectivity index (χ1n) is 23.4. The number of hydrogen-bond acceptors (Lipinski definition) is 10. The number of halogens is 2. The molecular formula is C49H59F2N7O6. The molecule has 0 radical (unpaired) electrons. The molecule has 1 spiro atoms. The van der Waals surface area contributed by atoms with E-state index in [1.54, 1.807) is 18.1 Å². The van der Waals surface area contributed by atoms with E-state index in [4.69, 9.17) is 4.74 Å². The zero-order valence-corrected chi connectivity index (χ0v) is 36.7. The number of piperazine rings is 1. The van der Waals surface area contributed by atoms with Crippen LogP contribution in [-0.4, -0.2) is 122 Å². The first kappa shape index (κ1) is 42.7. The highest BCUT2D eigenvalue weighted by atomic mass is 19.1. The zero-order valence-electron chi connectivity index (χ0n) is 36.7. The van der Waals surface area contributed by atoms with Crippen molar-refractivity contribution in [3.05, 3.63) is 76.9 Å². The minimum Gasteiger partial charge on any atom is -0.503 e. The number of carbonyl (C=O) groups excluding carboxylic acids is 4. The predicted octanol–water partition coefficient (Wildman–Crippen LogP) is 5.84. The van der Waals surface area contributed by atoms with Crippen molar-refractivity contribution in [2.45, 2.75) is 82.8 Å². The smallest absolute Gasteiger partial charge is 0.255 e. The molecule has 4 amide bonds. The number of nitrogens with zero attached hydrogens (tertiary/aromatic N) is 6. The van der Waals surface area contributed by atoms with Crippen molar-refractivity contribution in [2.24, 2.45) is 17.3 Å². The molecule has 64 heavy (non-hydrogen) atoms. The number of imide groups is 1. The molecule has 0 bridgehead atoms. The summed E-state index contributed by atoms with van der Waals surface area (Å²) < 4.78 is 36.7. The highest BCUT2D eigenvalue weighted by molar-refractivity contribution is 6.08. The van der Waals surface area contributed by atoms with Crippen LogP contribution in [0.5, 0.6) is 11.5 Å². The number of fused-ring (bicyclic) bond motifs is 1. The fourth-order valence-electron chi connectivity index (χ4n) is 12.1. The Balaban J connectivity index is 0.689. The number of aromatic hydroxyl groups is 1. The molecule has 1 saturated carbocycles. The van der Waals surface area contributed by atoms with E-state index in [1.165, 1.54) is 23.1 Å². The first-order valence-corrected chi connectivity index (χ1v) is 23.4. The van der Waals surface area contributed by atoms with Crippen LogP contribution in [0.3, 0.4) is 0 Å². The van der Waals surface area contributed by atoms with Crippen LogP contribution in [0.15, 0.2) is 48.5 Å². The summed E-state index contributed by atoms with van der Waals surface area (Å²) in [7, 11) is 1.56. The lowest BCUT2D eigenvalue weighted by molar-refractivity contribution is -0.140. The summed E-state index contributed by atoms with van der Waals surface area (Å²) in [4.78, 5) is 63.9. The molecule has 6 heterocycles. The number of piperidine rings is 3. The fourth-order valence-corrected chi connectivity index (χ4v) is 12.1. The van der Waals surface area contributed by atoms with Crippen molar-refractivity contribution >= 4 is 40.7 Å². The molecule has 13 nitrogen and oxygen atoms in total. The molecule has 3 aromatic rings. The minimum atomic E-state index is -0.806.